The van der Waals surface area contributed by atoms with Crippen LogP contribution in [0.2, 0.25) is 0 Å². The van der Waals surface area contributed by atoms with Gasteiger partial charge in [0, 0.05) is 12.5 Å². The first-order valence-corrected chi connectivity index (χ1v) is 6.19. The van der Waals surface area contributed by atoms with Crippen molar-refractivity contribution in [2.45, 2.75) is 38.5 Å². The maximum absolute atomic E-state index is 11.1. The SMILES string of the molecule is C=CC(=O)O\C1=C/C=C/C=C\CCCCCC1. The van der Waals surface area contributed by atoms with E-state index in [9.17, 15) is 4.79 Å². The van der Waals surface area contributed by atoms with Crippen molar-refractivity contribution in [1.82, 2.24) is 0 Å². The van der Waals surface area contributed by atoms with Crippen molar-refractivity contribution in [2.24, 2.45) is 0 Å². The van der Waals surface area contributed by atoms with Crippen molar-refractivity contribution < 1.29 is 9.53 Å². The number of carbonyl (C=O) groups excluding carboxylic acids is 1. The Kier molecular flexibility index (Phi) is 6.80. The summed E-state index contributed by atoms with van der Waals surface area (Å²) in [6.07, 6.45) is 17.8. The van der Waals surface area contributed by atoms with Gasteiger partial charge in [-0.05, 0) is 25.3 Å². The third kappa shape index (κ3) is 6.56. The summed E-state index contributed by atoms with van der Waals surface area (Å²) in [6.45, 7) is 3.40. The molecule has 92 valence electrons. The van der Waals surface area contributed by atoms with E-state index in [2.05, 4.69) is 12.7 Å². The van der Waals surface area contributed by atoms with E-state index >= 15 is 0 Å². The van der Waals surface area contributed by atoms with Crippen LogP contribution in [0.4, 0.5) is 0 Å². The molecule has 1 aliphatic rings. The van der Waals surface area contributed by atoms with Crippen LogP contribution < -0.4 is 0 Å². The van der Waals surface area contributed by atoms with Crippen LogP contribution in [-0.4, -0.2) is 5.97 Å². The average molecular weight is 232 g/mol. The molecule has 0 saturated heterocycles. The number of hydrogen-bond donors (Lipinski definition) is 0. The van der Waals surface area contributed by atoms with Crippen LogP contribution in [-0.2, 0) is 9.53 Å². The zero-order chi connectivity index (χ0) is 12.3. The van der Waals surface area contributed by atoms with E-state index in [1.807, 2.05) is 24.3 Å². The van der Waals surface area contributed by atoms with Gasteiger partial charge in [-0.3, -0.25) is 0 Å². The lowest BCUT2D eigenvalue weighted by molar-refractivity contribution is -0.134. The van der Waals surface area contributed by atoms with Crippen molar-refractivity contribution in [3.05, 3.63) is 48.8 Å². The number of hydrogen-bond acceptors (Lipinski definition) is 2. The third-order valence-corrected chi connectivity index (χ3v) is 2.58. The fourth-order valence-electron chi connectivity index (χ4n) is 1.66. The van der Waals surface area contributed by atoms with Gasteiger partial charge in [-0.1, -0.05) is 43.7 Å². The molecule has 0 amide bonds. The molecule has 0 bridgehead atoms. The number of rotatable bonds is 2. The Balaban J connectivity index is 2.61. The summed E-state index contributed by atoms with van der Waals surface area (Å²) in [4.78, 5) is 11.1. The molecule has 2 heteroatoms. The predicted molar refractivity (Wildman–Crippen MR) is 70.4 cm³/mol. The second-order valence-corrected chi connectivity index (χ2v) is 4.02. The first-order chi connectivity index (χ1) is 8.33. The normalized spacial score (nSPS) is 24.4. The minimum atomic E-state index is -0.382. The van der Waals surface area contributed by atoms with E-state index in [1.165, 1.54) is 25.3 Å². The van der Waals surface area contributed by atoms with Crippen molar-refractivity contribution >= 4 is 5.97 Å². The zero-order valence-corrected chi connectivity index (χ0v) is 10.2. The fraction of sp³-hybridized carbons (Fsp3) is 0.400. The third-order valence-electron chi connectivity index (χ3n) is 2.58. The van der Waals surface area contributed by atoms with E-state index in [1.54, 1.807) is 0 Å². The molecule has 0 atom stereocenters. The van der Waals surface area contributed by atoms with Gasteiger partial charge in [0.1, 0.15) is 5.76 Å². The average Bonchev–Trinajstić information content (AvgIpc) is 2.32. The molecule has 0 fully saturated rings. The van der Waals surface area contributed by atoms with Crippen LogP contribution in [0.1, 0.15) is 38.5 Å². The Morgan fingerprint density at radius 2 is 2.00 bits per heavy atom. The van der Waals surface area contributed by atoms with Crippen molar-refractivity contribution in [2.75, 3.05) is 0 Å². The zero-order valence-electron chi connectivity index (χ0n) is 10.2. The molecular formula is C15H20O2. The standard InChI is InChI=1S/C15H20O2/c1-2-15(16)17-14-12-10-8-6-4-3-5-7-9-11-13-14/h2,4,6,8,10,12H,1,3,5,7,9,11,13H2/b6-4-,10-8+,14-12-. The number of esters is 1. The van der Waals surface area contributed by atoms with Crippen LogP contribution in [0.15, 0.2) is 48.8 Å². The summed E-state index contributed by atoms with van der Waals surface area (Å²) in [6, 6.07) is 0. The fourth-order valence-corrected chi connectivity index (χ4v) is 1.66. The summed E-state index contributed by atoms with van der Waals surface area (Å²) in [7, 11) is 0. The van der Waals surface area contributed by atoms with Crippen LogP contribution in [0, 0.1) is 0 Å². The Labute approximate surface area is 103 Å². The lowest BCUT2D eigenvalue weighted by Crippen LogP contribution is -2.00. The van der Waals surface area contributed by atoms with Crippen molar-refractivity contribution in [3.63, 3.8) is 0 Å². The molecule has 0 spiro atoms. The molecule has 0 radical (unpaired) electrons. The summed E-state index contributed by atoms with van der Waals surface area (Å²) < 4.78 is 5.17. The highest BCUT2D eigenvalue weighted by molar-refractivity contribution is 5.82. The minimum absolute atomic E-state index is 0.382. The molecule has 1 aliphatic carbocycles. The Bertz CT molecular complexity index is 335. The maximum Gasteiger partial charge on any atom is 0.335 e. The molecule has 0 N–H and O–H groups in total. The first kappa shape index (κ1) is 13.5. The van der Waals surface area contributed by atoms with Gasteiger partial charge in [0.2, 0.25) is 0 Å². The highest BCUT2D eigenvalue weighted by Gasteiger charge is 2.02. The Morgan fingerprint density at radius 1 is 1.18 bits per heavy atom. The quantitative estimate of drug-likeness (QED) is 0.530. The molecule has 0 aromatic rings. The van der Waals surface area contributed by atoms with Crippen molar-refractivity contribution in [3.8, 4) is 0 Å². The highest BCUT2D eigenvalue weighted by Crippen LogP contribution is 2.14. The van der Waals surface area contributed by atoms with E-state index in [0.717, 1.165) is 25.0 Å². The van der Waals surface area contributed by atoms with Gasteiger partial charge in [0.25, 0.3) is 0 Å². The minimum Gasteiger partial charge on any atom is -0.428 e. The van der Waals surface area contributed by atoms with Gasteiger partial charge in [-0.2, -0.15) is 0 Å². The molecular weight excluding hydrogens is 212 g/mol. The van der Waals surface area contributed by atoms with Crippen LogP contribution >= 0.6 is 0 Å². The van der Waals surface area contributed by atoms with Crippen LogP contribution in [0.5, 0.6) is 0 Å². The number of ether oxygens (including phenoxy) is 1. The van der Waals surface area contributed by atoms with E-state index < -0.39 is 0 Å². The topological polar surface area (TPSA) is 26.3 Å². The van der Waals surface area contributed by atoms with E-state index in [4.69, 9.17) is 4.74 Å². The van der Waals surface area contributed by atoms with Gasteiger partial charge in [-0.15, -0.1) is 0 Å². The first-order valence-electron chi connectivity index (χ1n) is 6.19. The molecule has 0 aromatic carbocycles. The lowest BCUT2D eigenvalue weighted by atomic mass is 10.1. The summed E-state index contributed by atoms with van der Waals surface area (Å²) >= 11 is 0. The Hall–Kier alpha value is -1.57. The predicted octanol–water partition coefficient (Wildman–Crippen LogP) is 4.07. The molecule has 2 nitrogen and oxygen atoms in total. The summed E-state index contributed by atoms with van der Waals surface area (Å²) in [5.41, 5.74) is 0. The largest absolute Gasteiger partial charge is 0.428 e. The smallest absolute Gasteiger partial charge is 0.335 e. The number of allylic oxidation sites excluding steroid dienone is 6. The second kappa shape index (κ2) is 8.57. The molecule has 0 heterocycles. The molecule has 0 unspecified atom stereocenters. The molecule has 17 heavy (non-hydrogen) atoms. The number of carbonyl (C=O) groups is 1. The monoisotopic (exact) mass is 232 g/mol. The van der Waals surface area contributed by atoms with Gasteiger partial charge < -0.3 is 4.74 Å². The lowest BCUT2D eigenvalue weighted by Gasteiger charge is -2.06. The highest BCUT2D eigenvalue weighted by atomic mass is 16.5. The summed E-state index contributed by atoms with van der Waals surface area (Å²) in [5, 5.41) is 0. The van der Waals surface area contributed by atoms with Gasteiger partial charge in [0.05, 0.1) is 0 Å². The molecule has 1 rings (SSSR count). The second-order valence-electron chi connectivity index (χ2n) is 4.02. The van der Waals surface area contributed by atoms with Crippen LogP contribution in [0.25, 0.3) is 0 Å². The van der Waals surface area contributed by atoms with E-state index in [-0.39, 0.29) is 5.97 Å². The maximum atomic E-state index is 11.1. The Morgan fingerprint density at radius 3 is 2.82 bits per heavy atom. The van der Waals surface area contributed by atoms with Gasteiger partial charge in [-0.25, -0.2) is 4.79 Å². The molecule has 0 aliphatic heterocycles. The molecule has 0 saturated carbocycles. The van der Waals surface area contributed by atoms with Gasteiger partial charge in [0.15, 0.2) is 0 Å². The van der Waals surface area contributed by atoms with Crippen molar-refractivity contribution in [1.29, 1.82) is 0 Å². The summed E-state index contributed by atoms with van der Waals surface area (Å²) in [5.74, 6) is 0.340. The van der Waals surface area contributed by atoms with E-state index in [0.29, 0.717) is 0 Å². The van der Waals surface area contributed by atoms with Crippen LogP contribution in [0.3, 0.4) is 0 Å². The molecule has 0 aromatic heterocycles. The van der Waals surface area contributed by atoms with Gasteiger partial charge >= 0.3 is 5.97 Å².